The van der Waals surface area contributed by atoms with Crippen LogP contribution in [0.1, 0.15) is 29.9 Å². The van der Waals surface area contributed by atoms with Gasteiger partial charge < -0.3 is 5.32 Å². The van der Waals surface area contributed by atoms with Crippen molar-refractivity contribution in [2.75, 3.05) is 10.0 Å². The molecule has 0 saturated heterocycles. The van der Waals surface area contributed by atoms with Gasteiger partial charge in [-0.3, -0.25) is 14.1 Å². The van der Waals surface area contributed by atoms with E-state index in [2.05, 4.69) is 32.0 Å². The smallest absolute Gasteiger partial charge is 0.254 e. The molecule has 29 heavy (non-hydrogen) atoms. The zero-order valence-electron chi connectivity index (χ0n) is 16.2. The van der Waals surface area contributed by atoms with Gasteiger partial charge in [0.1, 0.15) is 16.8 Å². The molecule has 1 heterocycles. The normalized spacial score (nSPS) is 14.4. The highest BCUT2D eigenvalue weighted by Crippen LogP contribution is 2.45. The van der Waals surface area contributed by atoms with Gasteiger partial charge in [-0.15, -0.1) is 0 Å². The van der Waals surface area contributed by atoms with E-state index < -0.39 is 11.0 Å². The molecule has 1 unspecified atom stereocenters. The Kier molecular flexibility index (Phi) is 5.61. The summed E-state index contributed by atoms with van der Waals surface area (Å²) < 4.78 is 18.5. The minimum atomic E-state index is -1.44. The lowest BCUT2D eigenvalue weighted by Gasteiger charge is -2.19. The maximum absolute atomic E-state index is 12.8. The summed E-state index contributed by atoms with van der Waals surface area (Å²) in [5, 5.41) is 3.43. The van der Waals surface area contributed by atoms with Crippen molar-refractivity contribution < 1.29 is 4.21 Å². The van der Waals surface area contributed by atoms with Gasteiger partial charge in [0.2, 0.25) is 0 Å². The highest BCUT2D eigenvalue weighted by molar-refractivity contribution is 9.10. The van der Waals surface area contributed by atoms with Crippen molar-refractivity contribution in [1.29, 1.82) is 0 Å². The van der Waals surface area contributed by atoms with Crippen LogP contribution in [0.25, 0.3) is 0 Å². The van der Waals surface area contributed by atoms with Crippen LogP contribution in [0.2, 0.25) is 0 Å². The molecule has 0 radical (unpaired) electrons. The van der Waals surface area contributed by atoms with E-state index in [9.17, 15) is 9.00 Å². The molecule has 2 N–H and O–H groups in total. The van der Waals surface area contributed by atoms with E-state index in [0.29, 0.717) is 27.9 Å². The number of nitrogens with one attached hydrogen (secondary N) is 2. The summed E-state index contributed by atoms with van der Waals surface area (Å²) in [5.41, 5.74) is 3.31. The number of nitrogens with zero attached hydrogens (tertiary/aromatic N) is 1. The average molecular weight is 472 g/mol. The minimum absolute atomic E-state index is 0.0892. The molecule has 0 aliphatic heterocycles. The zero-order valence-corrected chi connectivity index (χ0v) is 18.6. The predicted molar refractivity (Wildman–Crippen MR) is 122 cm³/mol. The van der Waals surface area contributed by atoms with Crippen molar-refractivity contribution in [2.45, 2.75) is 30.6 Å². The van der Waals surface area contributed by atoms with E-state index >= 15 is 0 Å². The lowest BCUT2D eigenvalue weighted by molar-refractivity contribution is 0.686. The maximum Gasteiger partial charge on any atom is 0.254 e. The van der Waals surface area contributed by atoms with Crippen LogP contribution in [-0.4, -0.2) is 8.78 Å². The van der Waals surface area contributed by atoms with Gasteiger partial charge in [0, 0.05) is 22.8 Å². The van der Waals surface area contributed by atoms with Crippen molar-refractivity contribution in [3.05, 3.63) is 80.6 Å². The number of benzene rings is 2. The molecule has 1 aliphatic rings. The SMILES string of the molecule is Cc1cc(NS(=O)c2ccccc2)c(Nc2ccc(Br)cc2C2CC2)n(C)c1=O. The molecule has 5 nitrogen and oxygen atoms in total. The third kappa shape index (κ3) is 4.31. The number of hydrogen-bond acceptors (Lipinski definition) is 3. The molecule has 3 aromatic rings. The Morgan fingerprint density at radius 3 is 2.48 bits per heavy atom. The molecule has 0 bridgehead atoms. The first-order chi connectivity index (χ1) is 13.9. The summed E-state index contributed by atoms with van der Waals surface area (Å²) in [6.45, 7) is 1.76. The topological polar surface area (TPSA) is 63.1 Å². The highest BCUT2D eigenvalue weighted by Gasteiger charge is 2.27. The first kappa shape index (κ1) is 19.9. The summed E-state index contributed by atoms with van der Waals surface area (Å²) in [6, 6.07) is 17.1. The molecule has 1 aromatic heterocycles. The van der Waals surface area contributed by atoms with Gasteiger partial charge in [-0.2, -0.15) is 0 Å². The molecule has 1 aliphatic carbocycles. The van der Waals surface area contributed by atoms with Gasteiger partial charge in [0.25, 0.3) is 5.56 Å². The average Bonchev–Trinajstić information content (AvgIpc) is 3.56. The standard InChI is InChI=1S/C22H22BrN3O2S/c1-14-12-20(25-29(28)17-6-4-3-5-7-17)21(26(2)22(14)27)24-19-11-10-16(23)13-18(19)15-8-9-15/h3-7,10-13,15,24-25H,8-9H2,1-2H3. The van der Waals surface area contributed by atoms with Gasteiger partial charge in [0.05, 0.1) is 10.6 Å². The quantitative estimate of drug-likeness (QED) is 0.518. The zero-order chi connectivity index (χ0) is 20.5. The second-order valence-corrected chi connectivity index (χ2v) is 9.40. The molecule has 2 aromatic carbocycles. The number of aromatic nitrogens is 1. The minimum Gasteiger partial charge on any atom is -0.340 e. The van der Waals surface area contributed by atoms with Crippen LogP contribution in [0.4, 0.5) is 17.2 Å². The summed E-state index contributed by atoms with van der Waals surface area (Å²) >= 11 is 3.55. The number of anilines is 3. The number of aryl methyl sites for hydroxylation is 1. The molecule has 1 saturated carbocycles. The molecule has 4 rings (SSSR count). The van der Waals surface area contributed by atoms with Crippen molar-refractivity contribution in [3.8, 4) is 0 Å². The second kappa shape index (κ2) is 8.16. The van der Waals surface area contributed by atoms with Crippen LogP contribution in [0.15, 0.2) is 68.8 Å². The fourth-order valence-electron chi connectivity index (χ4n) is 3.33. The van der Waals surface area contributed by atoms with Crippen molar-refractivity contribution in [1.82, 2.24) is 4.57 Å². The van der Waals surface area contributed by atoms with E-state index in [4.69, 9.17) is 0 Å². The Balaban J connectivity index is 1.74. The molecule has 0 amide bonds. The van der Waals surface area contributed by atoms with Crippen LogP contribution in [0.5, 0.6) is 0 Å². The van der Waals surface area contributed by atoms with E-state index in [1.54, 1.807) is 24.6 Å². The third-order valence-electron chi connectivity index (χ3n) is 5.04. The van der Waals surface area contributed by atoms with E-state index in [-0.39, 0.29) is 5.56 Å². The largest absolute Gasteiger partial charge is 0.340 e. The second-order valence-electron chi connectivity index (χ2n) is 7.27. The van der Waals surface area contributed by atoms with E-state index in [1.807, 2.05) is 42.5 Å². The predicted octanol–water partition coefficient (Wildman–Crippen LogP) is 5.21. The monoisotopic (exact) mass is 471 g/mol. The number of halogens is 1. The Hall–Kier alpha value is -2.38. The molecule has 1 fully saturated rings. The van der Waals surface area contributed by atoms with E-state index in [0.717, 1.165) is 10.2 Å². The van der Waals surface area contributed by atoms with Gasteiger partial charge in [-0.1, -0.05) is 34.1 Å². The lowest BCUT2D eigenvalue weighted by Crippen LogP contribution is -2.23. The van der Waals surface area contributed by atoms with Gasteiger partial charge in [0.15, 0.2) is 0 Å². The van der Waals surface area contributed by atoms with Crippen molar-refractivity contribution >= 4 is 44.1 Å². The van der Waals surface area contributed by atoms with Gasteiger partial charge >= 0.3 is 0 Å². The van der Waals surface area contributed by atoms with Crippen LogP contribution >= 0.6 is 15.9 Å². The maximum atomic E-state index is 12.8. The van der Waals surface area contributed by atoms with E-state index in [1.165, 1.54) is 18.4 Å². The Morgan fingerprint density at radius 2 is 1.79 bits per heavy atom. The number of hydrogen-bond donors (Lipinski definition) is 2. The Labute approximate surface area is 180 Å². The van der Waals surface area contributed by atoms with Crippen LogP contribution < -0.4 is 15.6 Å². The molecular weight excluding hydrogens is 450 g/mol. The summed E-state index contributed by atoms with van der Waals surface area (Å²) in [4.78, 5) is 13.3. The molecular formula is C22H22BrN3O2S. The van der Waals surface area contributed by atoms with Gasteiger partial charge in [-0.05, 0) is 67.6 Å². The Morgan fingerprint density at radius 1 is 1.07 bits per heavy atom. The molecule has 150 valence electrons. The first-order valence-corrected chi connectivity index (χ1v) is 11.4. The molecule has 1 atom stereocenters. The summed E-state index contributed by atoms with van der Waals surface area (Å²) in [6.07, 6.45) is 2.34. The van der Waals surface area contributed by atoms with Crippen molar-refractivity contribution in [2.24, 2.45) is 7.05 Å². The summed E-state index contributed by atoms with van der Waals surface area (Å²) in [7, 11) is 0.282. The van der Waals surface area contributed by atoms with Gasteiger partial charge in [-0.25, -0.2) is 4.21 Å². The third-order valence-corrected chi connectivity index (χ3v) is 6.64. The highest BCUT2D eigenvalue weighted by atomic mass is 79.9. The fraction of sp³-hybridized carbons (Fsp3) is 0.227. The van der Waals surface area contributed by atoms with Crippen LogP contribution in [-0.2, 0) is 18.0 Å². The number of pyridine rings is 1. The molecule has 7 heteroatoms. The Bertz CT molecular complexity index is 1140. The van der Waals surface area contributed by atoms with Crippen LogP contribution in [0.3, 0.4) is 0 Å². The number of rotatable bonds is 6. The molecule has 0 spiro atoms. The lowest BCUT2D eigenvalue weighted by atomic mass is 10.1. The first-order valence-electron chi connectivity index (χ1n) is 9.44. The summed E-state index contributed by atoms with van der Waals surface area (Å²) in [5.74, 6) is 1.13. The van der Waals surface area contributed by atoms with Crippen molar-refractivity contribution in [3.63, 3.8) is 0 Å². The fourth-order valence-corrected chi connectivity index (χ4v) is 4.59. The van der Waals surface area contributed by atoms with Crippen LogP contribution in [0, 0.1) is 6.92 Å².